The molecular weight excluding hydrogens is 306 g/mol. The van der Waals surface area contributed by atoms with Gasteiger partial charge in [0.05, 0.1) is 11.7 Å². The van der Waals surface area contributed by atoms with Crippen molar-refractivity contribution in [2.75, 3.05) is 13.6 Å². The van der Waals surface area contributed by atoms with Crippen LogP contribution in [0.1, 0.15) is 36.6 Å². The summed E-state index contributed by atoms with van der Waals surface area (Å²) in [4.78, 5) is 18.9. The summed E-state index contributed by atoms with van der Waals surface area (Å²) in [6, 6.07) is 4.41. The molecule has 5 heteroatoms. The second kappa shape index (κ2) is 5.42. The number of likely N-dealkylation sites (N-methyl/N-ethyl adjacent to an activating group) is 1. The lowest BCUT2D eigenvalue weighted by atomic mass is 9.96. The van der Waals surface area contributed by atoms with Gasteiger partial charge in [0.1, 0.15) is 5.54 Å². The quantitative estimate of drug-likeness (QED) is 0.921. The van der Waals surface area contributed by atoms with Crippen molar-refractivity contribution in [1.29, 1.82) is 0 Å². The maximum atomic E-state index is 12.4. The van der Waals surface area contributed by atoms with Crippen molar-refractivity contribution in [2.45, 2.75) is 37.8 Å². The highest BCUT2D eigenvalue weighted by Crippen LogP contribution is 2.39. The summed E-state index contributed by atoms with van der Waals surface area (Å²) in [7, 11) is 1.89. The van der Waals surface area contributed by atoms with E-state index in [2.05, 4.69) is 40.1 Å². The van der Waals surface area contributed by atoms with E-state index in [4.69, 9.17) is 0 Å². The number of hydrogen-bond acceptors (Lipinski definition) is 4. The highest BCUT2D eigenvalue weighted by molar-refractivity contribution is 7.08. The average molecular weight is 327 g/mol. The van der Waals surface area contributed by atoms with E-state index in [1.54, 1.807) is 11.3 Å². The number of thiophene rings is 1. The lowest BCUT2D eigenvalue weighted by Gasteiger charge is -2.23. The predicted octanol–water partition coefficient (Wildman–Crippen LogP) is 3.14. The summed E-state index contributed by atoms with van der Waals surface area (Å²) < 4.78 is 0. The van der Waals surface area contributed by atoms with Gasteiger partial charge >= 0.3 is 0 Å². The Hall–Kier alpha value is -1.72. The summed E-state index contributed by atoms with van der Waals surface area (Å²) >= 11 is 1.73. The topological polar surface area (TPSA) is 45.2 Å². The lowest BCUT2D eigenvalue weighted by molar-refractivity contribution is -0.131. The largest absolute Gasteiger partial charge is 0.344 e. The van der Waals surface area contributed by atoms with E-state index >= 15 is 0 Å². The zero-order valence-corrected chi connectivity index (χ0v) is 14.3. The van der Waals surface area contributed by atoms with Crippen LogP contribution in [0.4, 0.5) is 0 Å². The molecule has 2 atom stereocenters. The molecule has 4 rings (SSSR count). The Morgan fingerprint density at radius 3 is 2.96 bits per heavy atom. The van der Waals surface area contributed by atoms with E-state index in [0.717, 1.165) is 31.5 Å². The summed E-state index contributed by atoms with van der Waals surface area (Å²) in [5, 5.41) is 7.96. The molecule has 4 nitrogen and oxygen atoms in total. The fourth-order valence-corrected chi connectivity index (χ4v) is 4.71. The molecule has 0 saturated carbocycles. The molecule has 2 fully saturated rings. The molecule has 23 heavy (non-hydrogen) atoms. The van der Waals surface area contributed by atoms with Gasteiger partial charge in [0, 0.05) is 19.8 Å². The molecular formula is C18H21N3OS. The second-order valence-electron chi connectivity index (χ2n) is 6.73. The molecule has 2 saturated heterocycles. The fourth-order valence-electron chi connectivity index (χ4n) is 3.85. The number of carbonyl (C=O) groups excluding carboxylic acids is 1. The third-order valence-corrected chi connectivity index (χ3v) is 6.11. The van der Waals surface area contributed by atoms with Crippen molar-refractivity contribution in [1.82, 2.24) is 15.2 Å². The van der Waals surface area contributed by atoms with E-state index < -0.39 is 0 Å². The first-order valence-electron chi connectivity index (χ1n) is 8.11. The van der Waals surface area contributed by atoms with Crippen LogP contribution in [0.15, 0.2) is 29.1 Å². The van der Waals surface area contributed by atoms with Gasteiger partial charge in [-0.1, -0.05) is 0 Å². The first-order valence-corrected chi connectivity index (χ1v) is 9.06. The number of amides is 1. The third kappa shape index (κ3) is 2.39. The molecule has 0 aromatic carbocycles. The molecule has 2 aliphatic rings. The van der Waals surface area contributed by atoms with Gasteiger partial charge in [-0.15, -0.1) is 0 Å². The molecule has 1 amide bonds. The van der Waals surface area contributed by atoms with Crippen LogP contribution in [-0.2, 0) is 4.79 Å². The normalized spacial score (nSPS) is 27.3. The van der Waals surface area contributed by atoms with Gasteiger partial charge in [0.2, 0.25) is 5.91 Å². The Labute approximate surface area is 140 Å². The molecule has 0 bridgehead atoms. The van der Waals surface area contributed by atoms with E-state index in [1.807, 2.05) is 18.1 Å². The molecule has 1 N–H and O–H groups in total. The summed E-state index contributed by atoms with van der Waals surface area (Å²) in [6.45, 7) is 2.99. The SMILES string of the molecule is Cc1cscc1-c1ccnc(C2CCC3(CCN(C)C3=O)N2)c1. The monoisotopic (exact) mass is 327 g/mol. The first kappa shape index (κ1) is 14.8. The summed E-state index contributed by atoms with van der Waals surface area (Å²) in [6.07, 6.45) is 4.67. The van der Waals surface area contributed by atoms with E-state index in [0.29, 0.717) is 0 Å². The predicted molar refractivity (Wildman–Crippen MR) is 92.4 cm³/mol. The van der Waals surface area contributed by atoms with Crippen LogP contribution in [0.2, 0.25) is 0 Å². The number of aromatic nitrogens is 1. The van der Waals surface area contributed by atoms with E-state index in [1.165, 1.54) is 16.7 Å². The van der Waals surface area contributed by atoms with Gasteiger partial charge in [0.15, 0.2) is 0 Å². The number of rotatable bonds is 2. The standard InChI is InChI=1S/C18H21N3OS/c1-12-10-23-11-14(12)13-4-7-19-16(9-13)15-3-5-18(20-15)6-8-21(2)17(18)22/h4,7,9-11,15,20H,3,5-6,8H2,1-2H3. The van der Waals surface area contributed by atoms with Crippen LogP contribution in [0.25, 0.3) is 11.1 Å². The Morgan fingerprint density at radius 2 is 2.26 bits per heavy atom. The number of aryl methyl sites for hydroxylation is 1. The Kier molecular flexibility index (Phi) is 3.50. The number of pyridine rings is 1. The molecule has 4 heterocycles. The molecule has 2 aliphatic heterocycles. The van der Waals surface area contributed by atoms with Crippen LogP contribution in [0.3, 0.4) is 0 Å². The Bertz CT molecular complexity index is 756. The minimum atomic E-state index is -0.352. The van der Waals surface area contributed by atoms with Crippen LogP contribution >= 0.6 is 11.3 Å². The first-order chi connectivity index (χ1) is 11.1. The smallest absolute Gasteiger partial charge is 0.242 e. The van der Waals surface area contributed by atoms with Crippen LogP contribution in [-0.4, -0.2) is 34.9 Å². The molecule has 2 unspecified atom stereocenters. The molecule has 2 aromatic rings. The zero-order chi connectivity index (χ0) is 16.0. The van der Waals surface area contributed by atoms with Gasteiger partial charge < -0.3 is 4.90 Å². The van der Waals surface area contributed by atoms with Gasteiger partial charge in [-0.2, -0.15) is 11.3 Å². The van der Waals surface area contributed by atoms with E-state index in [9.17, 15) is 4.79 Å². The maximum Gasteiger partial charge on any atom is 0.242 e. The minimum Gasteiger partial charge on any atom is -0.344 e. The average Bonchev–Trinajstić information content (AvgIpc) is 3.25. The Balaban J connectivity index is 1.61. The molecule has 2 aromatic heterocycles. The number of carbonyl (C=O) groups is 1. The number of nitrogens with one attached hydrogen (secondary N) is 1. The fraction of sp³-hybridized carbons (Fsp3) is 0.444. The second-order valence-corrected chi connectivity index (χ2v) is 7.48. The van der Waals surface area contributed by atoms with Gasteiger partial charge in [-0.25, -0.2) is 0 Å². The third-order valence-electron chi connectivity index (χ3n) is 5.25. The van der Waals surface area contributed by atoms with Crippen molar-refractivity contribution in [3.05, 3.63) is 40.3 Å². The molecule has 0 aliphatic carbocycles. The zero-order valence-electron chi connectivity index (χ0n) is 13.5. The summed E-state index contributed by atoms with van der Waals surface area (Å²) in [5.74, 6) is 0.241. The Morgan fingerprint density at radius 1 is 1.39 bits per heavy atom. The van der Waals surface area contributed by atoms with Gasteiger partial charge in [-0.05, 0) is 65.8 Å². The van der Waals surface area contributed by atoms with E-state index in [-0.39, 0.29) is 17.5 Å². The van der Waals surface area contributed by atoms with Crippen molar-refractivity contribution >= 4 is 17.2 Å². The van der Waals surface area contributed by atoms with Crippen molar-refractivity contribution < 1.29 is 4.79 Å². The number of likely N-dealkylation sites (tertiary alicyclic amines) is 1. The van der Waals surface area contributed by atoms with Crippen molar-refractivity contribution in [3.63, 3.8) is 0 Å². The molecule has 1 spiro atoms. The number of nitrogens with zero attached hydrogens (tertiary/aromatic N) is 2. The molecule has 0 radical (unpaired) electrons. The summed E-state index contributed by atoms with van der Waals surface area (Å²) in [5.41, 5.74) is 4.49. The highest BCUT2D eigenvalue weighted by atomic mass is 32.1. The highest BCUT2D eigenvalue weighted by Gasteiger charge is 2.50. The van der Waals surface area contributed by atoms with Crippen LogP contribution in [0, 0.1) is 6.92 Å². The van der Waals surface area contributed by atoms with Crippen molar-refractivity contribution in [2.24, 2.45) is 0 Å². The maximum absolute atomic E-state index is 12.4. The number of hydrogen-bond donors (Lipinski definition) is 1. The lowest BCUT2D eigenvalue weighted by Crippen LogP contribution is -2.47. The van der Waals surface area contributed by atoms with Gasteiger partial charge in [-0.3, -0.25) is 15.1 Å². The van der Waals surface area contributed by atoms with Crippen LogP contribution < -0.4 is 5.32 Å². The minimum absolute atomic E-state index is 0.171. The van der Waals surface area contributed by atoms with Gasteiger partial charge in [0.25, 0.3) is 0 Å². The van der Waals surface area contributed by atoms with Crippen LogP contribution in [0.5, 0.6) is 0 Å². The van der Waals surface area contributed by atoms with Crippen molar-refractivity contribution in [3.8, 4) is 11.1 Å². The molecule has 120 valence electrons.